The van der Waals surface area contributed by atoms with Crippen LogP contribution in [0.3, 0.4) is 0 Å². The average Bonchev–Trinajstić information content (AvgIpc) is 2.39. The first kappa shape index (κ1) is 15.7. The van der Waals surface area contributed by atoms with Crippen molar-refractivity contribution in [2.24, 2.45) is 11.7 Å². The third kappa shape index (κ3) is 6.39. The normalized spacial score (nSPS) is 12.2. The zero-order valence-corrected chi connectivity index (χ0v) is 12.1. The van der Waals surface area contributed by atoms with Crippen molar-refractivity contribution >= 4 is 11.6 Å². The van der Waals surface area contributed by atoms with Crippen molar-refractivity contribution in [1.29, 1.82) is 0 Å². The first-order valence-electron chi connectivity index (χ1n) is 7.24. The van der Waals surface area contributed by atoms with E-state index in [0.29, 0.717) is 18.9 Å². The highest BCUT2D eigenvalue weighted by Crippen LogP contribution is 2.13. The average molecular weight is 262 g/mol. The van der Waals surface area contributed by atoms with Crippen molar-refractivity contribution in [1.82, 2.24) is 0 Å². The first-order chi connectivity index (χ1) is 9.15. The van der Waals surface area contributed by atoms with E-state index >= 15 is 0 Å². The number of amides is 1. The molecule has 0 aliphatic heterocycles. The minimum Gasteiger partial charge on any atom is -0.330 e. The van der Waals surface area contributed by atoms with Crippen molar-refractivity contribution in [2.45, 2.75) is 46.0 Å². The van der Waals surface area contributed by atoms with Gasteiger partial charge in [-0.15, -0.1) is 0 Å². The molecule has 1 rings (SSSR count). The minimum absolute atomic E-state index is 0.0899. The molecule has 0 radical (unpaired) electrons. The summed E-state index contributed by atoms with van der Waals surface area (Å²) in [5.74, 6) is 0.606. The molecule has 0 aromatic heterocycles. The van der Waals surface area contributed by atoms with Gasteiger partial charge in [0.25, 0.3) is 0 Å². The lowest BCUT2D eigenvalue weighted by molar-refractivity contribution is -0.116. The van der Waals surface area contributed by atoms with Crippen molar-refractivity contribution in [3.8, 4) is 0 Å². The Morgan fingerprint density at radius 3 is 2.53 bits per heavy atom. The fourth-order valence-electron chi connectivity index (χ4n) is 2.07. The lowest BCUT2D eigenvalue weighted by atomic mass is 10.0. The summed E-state index contributed by atoms with van der Waals surface area (Å²) in [6, 6.07) is 8.12. The van der Waals surface area contributed by atoms with Crippen LogP contribution in [-0.2, 0) is 11.2 Å². The predicted octanol–water partition coefficient (Wildman–Crippen LogP) is 3.34. The van der Waals surface area contributed by atoms with Crippen molar-refractivity contribution in [3.63, 3.8) is 0 Å². The summed E-state index contributed by atoms with van der Waals surface area (Å²) in [6.45, 7) is 5.00. The van der Waals surface area contributed by atoms with Crippen molar-refractivity contribution in [3.05, 3.63) is 29.8 Å². The Hall–Kier alpha value is -1.35. The molecule has 0 bridgehead atoms. The zero-order chi connectivity index (χ0) is 14.1. The van der Waals surface area contributed by atoms with Crippen LogP contribution >= 0.6 is 0 Å². The summed E-state index contributed by atoms with van der Waals surface area (Å²) in [5, 5.41) is 2.94. The molecule has 1 aromatic rings. The number of hydrogen-bond acceptors (Lipinski definition) is 2. The largest absolute Gasteiger partial charge is 0.330 e. The molecule has 0 saturated carbocycles. The van der Waals surface area contributed by atoms with Crippen LogP contribution in [0.5, 0.6) is 0 Å². The molecule has 3 heteroatoms. The van der Waals surface area contributed by atoms with Crippen LogP contribution in [0.2, 0.25) is 0 Å². The van der Waals surface area contributed by atoms with Gasteiger partial charge < -0.3 is 11.1 Å². The predicted molar refractivity (Wildman–Crippen MR) is 81.1 cm³/mol. The lowest BCUT2D eigenvalue weighted by Crippen LogP contribution is -2.14. The zero-order valence-electron chi connectivity index (χ0n) is 12.1. The molecule has 0 fully saturated rings. The van der Waals surface area contributed by atoms with Crippen LogP contribution in [0.25, 0.3) is 0 Å². The van der Waals surface area contributed by atoms with E-state index in [-0.39, 0.29) is 5.91 Å². The topological polar surface area (TPSA) is 55.1 Å². The Bertz CT molecular complexity index is 373. The summed E-state index contributed by atoms with van der Waals surface area (Å²) in [4.78, 5) is 11.8. The standard InChI is InChI=1S/C16H26N2O/c1-3-4-14-6-8-15(9-7-14)18-16(19)10-5-13(2)11-12-17/h6-9,13H,3-5,10-12,17H2,1-2H3,(H,18,19). The number of benzene rings is 1. The highest BCUT2D eigenvalue weighted by atomic mass is 16.1. The van der Waals surface area contributed by atoms with E-state index < -0.39 is 0 Å². The minimum atomic E-state index is 0.0899. The number of hydrogen-bond donors (Lipinski definition) is 2. The Labute approximate surface area is 116 Å². The Kier molecular flexibility index (Phi) is 7.19. The quantitative estimate of drug-likeness (QED) is 0.755. The number of aryl methyl sites for hydroxylation is 1. The van der Waals surface area contributed by atoms with Gasteiger partial charge in [0, 0.05) is 12.1 Å². The molecular formula is C16H26N2O. The smallest absolute Gasteiger partial charge is 0.224 e. The molecule has 0 spiro atoms. The van der Waals surface area contributed by atoms with Crippen LogP contribution in [0.15, 0.2) is 24.3 Å². The highest BCUT2D eigenvalue weighted by Gasteiger charge is 2.06. The third-order valence-corrected chi connectivity index (χ3v) is 3.30. The maximum atomic E-state index is 11.8. The van der Waals surface area contributed by atoms with E-state index in [1.54, 1.807) is 0 Å². The molecule has 3 nitrogen and oxygen atoms in total. The van der Waals surface area contributed by atoms with Gasteiger partial charge in [-0.1, -0.05) is 32.4 Å². The number of nitrogens with one attached hydrogen (secondary N) is 1. The summed E-state index contributed by atoms with van der Waals surface area (Å²) in [7, 11) is 0. The number of carbonyl (C=O) groups is 1. The summed E-state index contributed by atoms with van der Waals surface area (Å²) in [5.41, 5.74) is 7.70. The monoisotopic (exact) mass is 262 g/mol. The maximum absolute atomic E-state index is 11.8. The fourth-order valence-corrected chi connectivity index (χ4v) is 2.07. The second-order valence-electron chi connectivity index (χ2n) is 5.22. The fraction of sp³-hybridized carbons (Fsp3) is 0.562. The van der Waals surface area contributed by atoms with Gasteiger partial charge in [0.1, 0.15) is 0 Å². The van der Waals surface area contributed by atoms with Gasteiger partial charge in [-0.3, -0.25) is 4.79 Å². The number of anilines is 1. The van der Waals surface area contributed by atoms with Crippen molar-refractivity contribution in [2.75, 3.05) is 11.9 Å². The lowest BCUT2D eigenvalue weighted by Gasteiger charge is -2.10. The van der Waals surface area contributed by atoms with E-state index in [9.17, 15) is 4.79 Å². The molecule has 106 valence electrons. The summed E-state index contributed by atoms with van der Waals surface area (Å²) < 4.78 is 0. The molecule has 1 aromatic carbocycles. The molecule has 1 atom stereocenters. The Morgan fingerprint density at radius 1 is 1.26 bits per heavy atom. The van der Waals surface area contributed by atoms with Gasteiger partial charge in [0.05, 0.1) is 0 Å². The van der Waals surface area contributed by atoms with E-state index in [1.807, 2.05) is 12.1 Å². The molecular weight excluding hydrogens is 236 g/mol. The number of carbonyl (C=O) groups excluding carboxylic acids is 1. The van der Waals surface area contributed by atoms with Crippen LogP contribution in [-0.4, -0.2) is 12.5 Å². The summed E-state index contributed by atoms with van der Waals surface area (Å²) in [6.07, 6.45) is 4.68. The Morgan fingerprint density at radius 2 is 1.95 bits per heavy atom. The van der Waals surface area contributed by atoms with Crippen LogP contribution < -0.4 is 11.1 Å². The molecule has 19 heavy (non-hydrogen) atoms. The molecule has 3 N–H and O–H groups in total. The molecule has 0 heterocycles. The molecule has 1 amide bonds. The molecule has 1 unspecified atom stereocenters. The first-order valence-corrected chi connectivity index (χ1v) is 7.24. The van der Waals surface area contributed by atoms with E-state index in [0.717, 1.165) is 31.4 Å². The number of rotatable bonds is 8. The van der Waals surface area contributed by atoms with Gasteiger partial charge in [0.15, 0.2) is 0 Å². The van der Waals surface area contributed by atoms with Gasteiger partial charge >= 0.3 is 0 Å². The highest BCUT2D eigenvalue weighted by molar-refractivity contribution is 5.90. The SMILES string of the molecule is CCCc1ccc(NC(=O)CCC(C)CCN)cc1. The maximum Gasteiger partial charge on any atom is 0.224 e. The molecule has 0 aliphatic carbocycles. The number of nitrogens with two attached hydrogens (primary N) is 1. The van der Waals surface area contributed by atoms with Gasteiger partial charge in [0.2, 0.25) is 5.91 Å². The second kappa shape index (κ2) is 8.70. The van der Waals surface area contributed by atoms with Crippen molar-refractivity contribution < 1.29 is 4.79 Å². The Balaban J connectivity index is 2.35. The van der Waals surface area contributed by atoms with Gasteiger partial charge in [-0.05, 0) is 49.4 Å². The third-order valence-electron chi connectivity index (χ3n) is 3.30. The van der Waals surface area contributed by atoms with Crippen LogP contribution in [0, 0.1) is 5.92 Å². The van der Waals surface area contributed by atoms with E-state index in [4.69, 9.17) is 5.73 Å². The summed E-state index contributed by atoms with van der Waals surface area (Å²) >= 11 is 0. The second-order valence-corrected chi connectivity index (χ2v) is 5.22. The van der Waals surface area contributed by atoms with E-state index in [1.165, 1.54) is 5.56 Å². The van der Waals surface area contributed by atoms with Crippen LogP contribution in [0.4, 0.5) is 5.69 Å². The molecule has 0 saturated heterocycles. The van der Waals surface area contributed by atoms with Gasteiger partial charge in [-0.2, -0.15) is 0 Å². The van der Waals surface area contributed by atoms with E-state index in [2.05, 4.69) is 31.3 Å². The van der Waals surface area contributed by atoms with Crippen LogP contribution in [0.1, 0.15) is 45.1 Å². The van der Waals surface area contributed by atoms with Gasteiger partial charge in [-0.25, -0.2) is 0 Å². The molecule has 0 aliphatic rings.